The van der Waals surface area contributed by atoms with Gasteiger partial charge in [0.2, 0.25) is 11.8 Å². The van der Waals surface area contributed by atoms with E-state index >= 15 is 0 Å². The molecule has 0 radical (unpaired) electrons. The molecule has 0 bridgehead atoms. The van der Waals surface area contributed by atoms with Crippen LogP contribution in [-0.4, -0.2) is 40.5 Å². The lowest BCUT2D eigenvalue weighted by Crippen LogP contribution is -2.42. The number of primary amides is 1. The quantitative estimate of drug-likeness (QED) is 0.898. The van der Waals surface area contributed by atoms with Crippen molar-refractivity contribution in [2.24, 2.45) is 11.7 Å². The molecule has 0 unspecified atom stereocenters. The second-order valence-electron chi connectivity index (χ2n) is 5.63. The van der Waals surface area contributed by atoms with Gasteiger partial charge in [0.1, 0.15) is 5.01 Å². The van der Waals surface area contributed by atoms with Crippen molar-refractivity contribution in [3.05, 3.63) is 29.3 Å². The molecule has 2 heterocycles. The number of para-hydroxylation sites is 1. The van der Waals surface area contributed by atoms with Gasteiger partial charge in [-0.05, 0) is 25.0 Å². The van der Waals surface area contributed by atoms with Crippen LogP contribution >= 0.6 is 23.1 Å². The van der Waals surface area contributed by atoms with Crippen molar-refractivity contribution >= 4 is 45.1 Å². The molecule has 1 aromatic carbocycles. The molecular weight excluding hydrogens is 330 g/mol. The van der Waals surface area contributed by atoms with Gasteiger partial charge < -0.3 is 10.6 Å². The largest absolute Gasteiger partial charge is 0.369 e. The molecule has 3 rings (SSSR count). The molecule has 5 nitrogen and oxygen atoms in total. The first kappa shape index (κ1) is 16.3. The fraction of sp³-hybridized carbons (Fsp3) is 0.438. The van der Waals surface area contributed by atoms with E-state index in [0.717, 1.165) is 16.3 Å². The summed E-state index contributed by atoms with van der Waals surface area (Å²) in [6.07, 6.45) is 1.37. The Hall–Kier alpha value is -1.60. The lowest BCUT2D eigenvalue weighted by Gasteiger charge is -2.30. The smallest absolute Gasteiger partial charge is 0.232 e. The fourth-order valence-electron chi connectivity index (χ4n) is 2.71. The van der Waals surface area contributed by atoms with Crippen molar-refractivity contribution in [2.45, 2.75) is 18.6 Å². The molecular formula is C16H19N3O2S2. The zero-order valence-electron chi connectivity index (χ0n) is 12.7. The molecule has 0 spiro atoms. The van der Waals surface area contributed by atoms with E-state index in [1.165, 1.54) is 4.70 Å². The van der Waals surface area contributed by atoms with Gasteiger partial charge in [0, 0.05) is 24.8 Å². The number of hydrogen-bond acceptors (Lipinski definition) is 5. The molecule has 1 fully saturated rings. The number of benzene rings is 1. The molecule has 23 heavy (non-hydrogen) atoms. The molecule has 0 aliphatic carbocycles. The summed E-state index contributed by atoms with van der Waals surface area (Å²) in [5, 5.41) is 1.05. The van der Waals surface area contributed by atoms with E-state index < -0.39 is 0 Å². The number of thioether (sulfide) groups is 1. The molecule has 2 aromatic rings. The van der Waals surface area contributed by atoms with Crippen molar-refractivity contribution in [2.75, 3.05) is 18.8 Å². The van der Waals surface area contributed by atoms with Crippen LogP contribution in [0.2, 0.25) is 0 Å². The van der Waals surface area contributed by atoms with Gasteiger partial charge in [0.05, 0.1) is 16.0 Å². The molecule has 7 heteroatoms. The van der Waals surface area contributed by atoms with E-state index in [9.17, 15) is 9.59 Å². The first-order valence-electron chi connectivity index (χ1n) is 7.63. The molecule has 2 N–H and O–H groups in total. The van der Waals surface area contributed by atoms with Crippen LogP contribution in [0.1, 0.15) is 17.8 Å². The predicted molar refractivity (Wildman–Crippen MR) is 94.3 cm³/mol. The lowest BCUT2D eigenvalue weighted by molar-refractivity contribution is -0.132. The molecule has 1 saturated heterocycles. The highest BCUT2D eigenvalue weighted by molar-refractivity contribution is 7.99. The molecule has 1 aliphatic rings. The maximum Gasteiger partial charge on any atom is 0.232 e. The maximum atomic E-state index is 12.2. The van der Waals surface area contributed by atoms with Gasteiger partial charge in [-0.15, -0.1) is 23.1 Å². The zero-order valence-corrected chi connectivity index (χ0v) is 14.4. The van der Waals surface area contributed by atoms with Crippen LogP contribution in [0, 0.1) is 5.92 Å². The molecule has 1 aromatic heterocycles. The minimum absolute atomic E-state index is 0.0746. The summed E-state index contributed by atoms with van der Waals surface area (Å²) >= 11 is 3.28. The van der Waals surface area contributed by atoms with E-state index in [1.54, 1.807) is 23.1 Å². The van der Waals surface area contributed by atoms with Crippen molar-refractivity contribution < 1.29 is 9.59 Å². The van der Waals surface area contributed by atoms with Crippen LogP contribution in [0.4, 0.5) is 0 Å². The molecule has 2 amide bonds. The Morgan fingerprint density at radius 2 is 2.04 bits per heavy atom. The summed E-state index contributed by atoms with van der Waals surface area (Å²) in [5.74, 6) is 1.02. The summed E-state index contributed by atoms with van der Waals surface area (Å²) in [7, 11) is 0. The van der Waals surface area contributed by atoms with Crippen molar-refractivity contribution in [1.29, 1.82) is 0 Å². The highest BCUT2D eigenvalue weighted by Gasteiger charge is 2.25. The summed E-state index contributed by atoms with van der Waals surface area (Å²) < 4.78 is 1.18. The number of rotatable bonds is 5. The van der Waals surface area contributed by atoms with Gasteiger partial charge in [-0.2, -0.15) is 0 Å². The number of carbonyl (C=O) groups excluding carboxylic acids is 2. The topological polar surface area (TPSA) is 76.3 Å². The molecule has 0 saturated carbocycles. The van der Waals surface area contributed by atoms with Gasteiger partial charge in [-0.1, -0.05) is 12.1 Å². The second kappa shape index (κ2) is 7.31. The Labute approximate surface area is 143 Å². The lowest BCUT2D eigenvalue weighted by atomic mass is 9.96. The number of fused-ring (bicyclic) bond motifs is 1. The third-order valence-electron chi connectivity index (χ3n) is 4.04. The third-order valence-corrected chi connectivity index (χ3v) is 6.19. The van der Waals surface area contributed by atoms with Crippen LogP contribution in [0.3, 0.4) is 0 Å². The monoisotopic (exact) mass is 349 g/mol. The van der Waals surface area contributed by atoms with Crippen LogP contribution in [0.15, 0.2) is 24.3 Å². The van der Waals surface area contributed by atoms with Gasteiger partial charge in [-0.3, -0.25) is 9.59 Å². The summed E-state index contributed by atoms with van der Waals surface area (Å²) in [5.41, 5.74) is 6.33. The first-order chi connectivity index (χ1) is 11.1. The van der Waals surface area contributed by atoms with Crippen LogP contribution in [0.25, 0.3) is 10.2 Å². The van der Waals surface area contributed by atoms with Crippen LogP contribution in [0.5, 0.6) is 0 Å². The number of piperidine rings is 1. The second-order valence-corrected chi connectivity index (χ2v) is 7.73. The number of likely N-dealkylation sites (tertiary alicyclic amines) is 1. The number of amides is 2. The zero-order chi connectivity index (χ0) is 16.2. The number of nitrogens with zero attached hydrogens (tertiary/aromatic N) is 2. The van der Waals surface area contributed by atoms with Crippen molar-refractivity contribution in [3.8, 4) is 0 Å². The number of carbonyl (C=O) groups is 2. The standard InChI is InChI=1S/C16H19N3O2S2/c17-16(21)11-5-7-19(8-6-11)15(20)10-22-9-14-18-12-3-1-2-4-13(12)23-14/h1-4,11H,5-10H2,(H2,17,21). The van der Waals surface area contributed by atoms with Gasteiger partial charge >= 0.3 is 0 Å². The van der Waals surface area contributed by atoms with Gasteiger partial charge in [-0.25, -0.2) is 4.98 Å². The van der Waals surface area contributed by atoms with E-state index in [2.05, 4.69) is 11.1 Å². The molecule has 122 valence electrons. The Morgan fingerprint density at radius 1 is 1.30 bits per heavy atom. The molecule has 1 aliphatic heterocycles. The first-order valence-corrected chi connectivity index (χ1v) is 9.60. The minimum atomic E-state index is -0.248. The van der Waals surface area contributed by atoms with E-state index in [1.807, 2.05) is 23.1 Å². The Kier molecular flexibility index (Phi) is 5.17. The number of thiazole rings is 1. The van der Waals surface area contributed by atoms with E-state index in [0.29, 0.717) is 31.7 Å². The average Bonchev–Trinajstić information content (AvgIpc) is 2.97. The summed E-state index contributed by atoms with van der Waals surface area (Å²) in [6.45, 7) is 1.27. The normalized spacial score (nSPS) is 15.9. The average molecular weight is 349 g/mol. The maximum absolute atomic E-state index is 12.2. The number of hydrogen-bond donors (Lipinski definition) is 1. The SMILES string of the molecule is NC(=O)C1CCN(C(=O)CSCc2nc3ccccc3s2)CC1. The third kappa shape index (κ3) is 4.03. The highest BCUT2D eigenvalue weighted by atomic mass is 32.2. The molecule has 0 atom stereocenters. The predicted octanol–water partition coefficient (Wildman–Crippen LogP) is 2.25. The van der Waals surface area contributed by atoms with Crippen LogP contribution < -0.4 is 5.73 Å². The van der Waals surface area contributed by atoms with Crippen molar-refractivity contribution in [3.63, 3.8) is 0 Å². The van der Waals surface area contributed by atoms with Crippen molar-refractivity contribution in [1.82, 2.24) is 9.88 Å². The van der Waals surface area contributed by atoms with E-state index in [-0.39, 0.29) is 17.7 Å². The Bertz CT molecular complexity index is 675. The Balaban J connectivity index is 1.45. The number of nitrogens with two attached hydrogens (primary N) is 1. The number of aromatic nitrogens is 1. The minimum Gasteiger partial charge on any atom is -0.369 e. The van der Waals surface area contributed by atoms with Gasteiger partial charge in [0.25, 0.3) is 0 Å². The highest BCUT2D eigenvalue weighted by Crippen LogP contribution is 2.25. The fourth-order valence-corrected chi connectivity index (χ4v) is 4.66. The van der Waals surface area contributed by atoms with Gasteiger partial charge in [0.15, 0.2) is 0 Å². The summed E-state index contributed by atoms with van der Waals surface area (Å²) in [4.78, 5) is 29.8. The Morgan fingerprint density at radius 3 is 2.74 bits per heavy atom. The summed E-state index contributed by atoms with van der Waals surface area (Å²) in [6, 6.07) is 8.07. The van der Waals surface area contributed by atoms with E-state index in [4.69, 9.17) is 5.73 Å². The van der Waals surface area contributed by atoms with Crippen LogP contribution in [-0.2, 0) is 15.3 Å².